The molecule has 1 aromatic heterocycles. The molecule has 0 radical (unpaired) electrons. The lowest BCUT2D eigenvalue weighted by Gasteiger charge is -2.18. The summed E-state index contributed by atoms with van der Waals surface area (Å²) >= 11 is 0. The number of hydrogen-bond donors (Lipinski definition) is 0. The Morgan fingerprint density at radius 3 is 2.16 bits per heavy atom. The molecule has 0 fully saturated rings. The molecule has 4 rings (SSSR count). The van der Waals surface area contributed by atoms with Crippen LogP contribution < -0.4 is 10.3 Å². The lowest BCUT2D eigenvalue weighted by molar-refractivity contribution is 0.416. The maximum absolute atomic E-state index is 13.9. The fourth-order valence-corrected chi connectivity index (χ4v) is 3.82. The molecule has 31 heavy (non-hydrogen) atoms. The van der Waals surface area contributed by atoms with Gasteiger partial charge in [0.05, 0.1) is 29.6 Å². The highest BCUT2D eigenvalue weighted by Crippen LogP contribution is 2.31. The second kappa shape index (κ2) is 8.60. The molecular formula is C27H26N2O2. The van der Waals surface area contributed by atoms with E-state index in [4.69, 9.17) is 9.72 Å². The number of ether oxygens (including phenoxy) is 1. The molecule has 4 heteroatoms. The Morgan fingerprint density at radius 1 is 0.871 bits per heavy atom. The van der Waals surface area contributed by atoms with E-state index < -0.39 is 0 Å². The number of hydrogen-bond acceptors (Lipinski definition) is 3. The lowest BCUT2D eigenvalue weighted by atomic mass is 10.0. The van der Waals surface area contributed by atoms with Gasteiger partial charge in [-0.15, -0.1) is 0 Å². The minimum Gasteiger partial charge on any atom is -0.496 e. The standard InChI is InChI=1S/C27H26N2O2/c1-18(2)20-14-16-22(17-15-20)29-26(23-12-8-9-13-24(23)31-4)28-19(3)25(27(29)30)21-10-6-5-7-11-21/h5-18H,1-4H3. The van der Waals surface area contributed by atoms with E-state index in [1.165, 1.54) is 5.56 Å². The highest BCUT2D eigenvalue weighted by molar-refractivity contribution is 5.71. The van der Waals surface area contributed by atoms with Crippen molar-refractivity contribution in [3.63, 3.8) is 0 Å². The summed E-state index contributed by atoms with van der Waals surface area (Å²) < 4.78 is 7.27. The van der Waals surface area contributed by atoms with E-state index in [0.29, 0.717) is 28.7 Å². The maximum atomic E-state index is 13.9. The van der Waals surface area contributed by atoms with E-state index in [1.54, 1.807) is 11.7 Å². The van der Waals surface area contributed by atoms with E-state index in [9.17, 15) is 4.79 Å². The normalized spacial score (nSPS) is 11.0. The molecule has 0 atom stereocenters. The van der Waals surface area contributed by atoms with E-state index in [-0.39, 0.29) is 5.56 Å². The van der Waals surface area contributed by atoms with E-state index in [1.807, 2.05) is 73.7 Å². The second-order valence-corrected chi connectivity index (χ2v) is 7.85. The van der Waals surface area contributed by atoms with Crippen LogP contribution in [0.1, 0.15) is 31.0 Å². The Balaban J connectivity index is 2.05. The molecule has 0 aliphatic heterocycles. The lowest BCUT2D eigenvalue weighted by Crippen LogP contribution is -2.25. The van der Waals surface area contributed by atoms with Crippen molar-refractivity contribution in [2.45, 2.75) is 26.7 Å². The molecule has 0 aliphatic rings. The first-order valence-electron chi connectivity index (χ1n) is 10.4. The molecule has 0 bridgehead atoms. The quantitative estimate of drug-likeness (QED) is 0.405. The molecule has 4 nitrogen and oxygen atoms in total. The van der Waals surface area contributed by atoms with E-state index in [2.05, 4.69) is 26.0 Å². The van der Waals surface area contributed by atoms with E-state index in [0.717, 1.165) is 16.8 Å². The van der Waals surface area contributed by atoms with Gasteiger partial charge in [-0.05, 0) is 48.2 Å². The summed E-state index contributed by atoms with van der Waals surface area (Å²) in [5.41, 5.74) is 4.82. The zero-order valence-corrected chi connectivity index (χ0v) is 18.3. The van der Waals surface area contributed by atoms with Crippen molar-refractivity contribution in [1.29, 1.82) is 0 Å². The van der Waals surface area contributed by atoms with Gasteiger partial charge in [-0.25, -0.2) is 4.98 Å². The Kier molecular flexibility index (Phi) is 5.72. The van der Waals surface area contributed by atoms with Crippen molar-refractivity contribution < 1.29 is 4.74 Å². The molecular weight excluding hydrogens is 384 g/mol. The molecule has 1 heterocycles. The highest BCUT2D eigenvalue weighted by atomic mass is 16.5. The third-order valence-corrected chi connectivity index (χ3v) is 5.49. The van der Waals surface area contributed by atoms with Crippen LogP contribution in [0.25, 0.3) is 28.2 Å². The average molecular weight is 411 g/mol. The van der Waals surface area contributed by atoms with Gasteiger partial charge in [0.15, 0.2) is 5.82 Å². The number of aromatic nitrogens is 2. The van der Waals surface area contributed by atoms with Gasteiger partial charge in [-0.2, -0.15) is 0 Å². The molecule has 0 saturated heterocycles. The predicted molar refractivity (Wildman–Crippen MR) is 126 cm³/mol. The number of rotatable bonds is 5. The number of nitrogens with zero attached hydrogens (tertiary/aromatic N) is 2. The van der Waals surface area contributed by atoms with Gasteiger partial charge in [0.1, 0.15) is 5.75 Å². The Morgan fingerprint density at radius 2 is 1.52 bits per heavy atom. The minimum atomic E-state index is -0.100. The first-order chi connectivity index (χ1) is 15.0. The summed E-state index contributed by atoms with van der Waals surface area (Å²) in [6.45, 7) is 6.19. The largest absolute Gasteiger partial charge is 0.496 e. The topological polar surface area (TPSA) is 44.1 Å². The van der Waals surface area contributed by atoms with Gasteiger partial charge in [0.2, 0.25) is 0 Å². The van der Waals surface area contributed by atoms with Gasteiger partial charge >= 0.3 is 0 Å². The number of benzene rings is 3. The third-order valence-electron chi connectivity index (χ3n) is 5.49. The first-order valence-corrected chi connectivity index (χ1v) is 10.4. The second-order valence-electron chi connectivity index (χ2n) is 7.85. The number of para-hydroxylation sites is 1. The van der Waals surface area contributed by atoms with Crippen molar-refractivity contribution >= 4 is 0 Å². The van der Waals surface area contributed by atoms with Crippen molar-refractivity contribution in [3.05, 3.63) is 100 Å². The summed E-state index contributed by atoms with van der Waals surface area (Å²) in [6.07, 6.45) is 0. The molecule has 3 aromatic carbocycles. The smallest absolute Gasteiger partial charge is 0.266 e. The van der Waals surface area contributed by atoms with E-state index >= 15 is 0 Å². The summed E-state index contributed by atoms with van der Waals surface area (Å²) in [5, 5.41) is 0. The molecule has 0 amide bonds. The van der Waals surface area contributed by atoms with Gasteiger partial charge in [0, 0.05) is 0 Å². The summed E-state index contributed by atoms with van der Waals surface area (Å²) in [7, 11) is 1.63. The zero-order chi connectivity index (χ0) is 22.0. The number of aryl methyl sites for hydroxylation is 1. The van der Waals surface area contributed by atoms with Crippen LogP contribution in [0.2, 0.25) is 0 Å². The Hall–Kier alpha value is -3.66. The molecule has 0 spiro atoms. The predicted octanol–water partition coefficient (Wildman–Crippen LogP) is 6.01. The Labute approximate surface area is 182 Å². The van der Waals surface area contributed by atoms with Gasteiger partial charge < -0.3 is 4.74 Å². The minimum absolute atomic E-state index is 0.100. The van der Waals surface area contributed by atoms with Crippen molar-refractivity contribution in [2.75, 3.05) is 7.11 Å². The Bertz CT molecular complexity index is 1260. The fraction of sp³-hybridized carbons (Fsp3) is 0.185. The van der Waals surface area contributed by atoms with Crippen molar-refractivity contribution in [1.82, 2.24) is 9.55 Å². The number of methoxy groups -OCH3 is 1. The summed E-state index contributed by atoms with van der Waals surface area (Å²) in [5.74, 6) is 1.65. The van der Waals surface area contributed by atoms with Crippen LogP contribution in [0.15, 0.2) is 83.7 Å². The van der Waals surface area contributed by atoms with Crippen LogP contribution in [0.3, 0.4) is 0 Å². The summed E-state index contributed by atoms with van der Waals surface area (Å²) in [4.78, 5) is 18.8. The SMILES string of the molecule is COc1ccccc1-c1nc(C)c(-c2ccccc2)c(=O)n1-c1ccc(C(C)C)cc1. The van der Waals surface area contributed by atoms with Crippen LogP contribution in [-0.4, -0.2) is 16.7 Å². The molecule has 4 aromatic rings. The fourth-order valence-electron chi connectivity index (χ4n) is 3.82. The van der Waals surface area contributed by atoms with Crippen molar-refractivity contribution in [2.24, 2.45) is 0 Å². The third kappa shape index (κ3) is 3.89. The zero-order valence-electron chi connectivity index (χ0n) is 18.3. The average Bonchev–Trinajstić information content (AvgIpc) is 2.79. The van der Waals surface area contributed by atoms with Crippen LogP contribution in [0.5, 0.6) is 5.75 Å². The van der Waals surface area contributed by atoms with Gasteiger partial charge in [-0.3, -0.25) is 9.36 Å². The van der Waals surface area contributed by atoms with Crippen LogP contribution in [0, 0.1) is 6.92 Å². The van der Waals surface area contributed by atoms with Crippen molar-refractivity contribution in [3.8, 4) is 34.0 Å². The molecule has 0 aliphatic carbocycles. The monoisotopic (exact) mass is 410 g/mol. The molecule has 0 unspecified atom stereocenters. The van der Waals surface area contributed by atoms with Crippen LogP contribution in [0.4, 0.5) is 0 Å². The van der Waals surface area contributed by atoms with Gasteiger partial charge in [-0.1, -0.05) is 68.4 Å². The molecule has 0 N–H and O–H groups in total. The maximum Gasteiger partial charge on any atom is 0.266 e. The van der Waals surface area contributed by atoms with Crippen LogP contribution >= 0.6 is 0 Å². The molecule has 0 saturated carbocycles. The molecule has 156 valence electrons. The highest BCUT2D eigenvalue weighted by Gasteiger charge is 2.20. The van der Waals surface area contributed by atoms with Gasteiger partial charge in [0.25, 0.3) is 5.56 Å². The summed E-state index contributed by atoms with van der Waals surface area (Å²) in [6, 6.07) is 25.5. The first kappa shape index (κ1) is 20.6. The van der Waals surface area contributed by atoms with Crippen LogP contribution in [-0.2, 0) is 0 Å².